The van der Waals surface area contributed by atoms with E-state index >= 15 is 0 Å². The first kappa shape index (κ1) is 85.0. The fourth-order valence-electron chi connectivity index (χ4n) is 7.37. The van der Waals surface area contributed by atoms with Gasteiger partial charge in [-0.3, -0.25) is 0 Å². The Morgan fingerprint density at radius 1 is 0.537 bits per heavy atom. The van der Waals surface area contributed by atoms with Crippen molar-refractivity contribution in [3.63, 3.8) is 0 Å². The molecule has 0 spiro atoms. The number of hydrogen-bond acceptors (Lipinski definition) is 6. The van der Waals surface area contributed by atoms with Crippen molar-refractivity contribution in [1.82, 2.24) is 10.0 Å². The Labute approximate surface area is 498 Å². The number of allylic oxidation sites excluding steroid dienone is 5. The smallest absolute Gasteiger partial charge is 0.208 e. The van der Waals surface area contributed by atoms with Crippen molar-refractivity contribution in [1.29, 1.82) is 0 Å². The number of rotatable bonds is 23. The third kappa shape index (κ3) is 60.3. The van der Waals surface area contributed by atoms with Gasteiger partial charge in [-0.1, -0.05) is 240 Å². The van der Waals surface area contributed by atoms with Gasteiger partial charge in [0.15, 0.2) is 0 Å². The van der Waals surface area contributed by atoms with Gasteiger partial charge in [0.05, 0.1) is 19.5 Å². The molecule has 0 aliphatic heterocycles. The van der Waals surface area contributed by atoms with E-state index in [2.05, 4.69) is 217 Å². The first-order chi connectivity index (χ1) is 37.9. The third-order valence-electron chi connectivity index (χ3n) is 10.5. The highest BCUT2D eigenvalue weighted by Crippen LogP contribution is 2.22. The van der Waals surface area contributed by atoms with Gasteiger partial charge in [-0.2, -0.15) is 0 Å². The maximum atomic E-state index is 10.3. The fourth-order valence-corrected chi connectivity index (χ4v) is 8.22. The molecule has 1 aliphatic carbocycles. The maximum Gasteiger partial charge on any atom is 0.208 e. The van der Waals surface area contributed by atoms with Crippen molar-refractivity contribution >= 4 is 31.6 Å². The van der Waals surface area contributed by atoms with E-state index in [-0.39, 0.29) is 6.04 Å². The van der Waals surface area contributed by atoms with Crippen LogP contribution in [0, 0.1) is 29.6 Å². The molecule has 4 aromatic carbocycles. The number of benzene rings is 4. The second-order valence-corrected chi connectivity index (χ2v) is 24.0. The molecule has 464 valence electrons. The standard InChI is InChI=1S/2C14H16.C10H22O2.C10H16.C8H18O.C6H13N.C4H11NO2S.3C2H6/c1-11(2)10-13-8-5-7-12-6-3-4-9-14(12)13;1-11(2)9-12-7-8-13-5-3-4-6-14(13)10-12;1-4-6-11-8-9-12-7-5-10(2)3;1-9(2)8-10-6-4-3-5-7-10;1-4-6-9-7-5-8(2)3;1-5(2)7-6(3)4;1-4(2)5-8(3,6)7;3*1-2/h3-9,11H,10H2,1-2H3;3-8,10-11H,9H2,1-2H3;10H,4-9H2,1-3H3;3-4,6,9H,5,7-8H2,1-2H3;8H,4-7H2,1-3H3;6-7H,1H2,2-4H3;4-5H,1-3H3;3*1-2H3. The van der Waals surface area contributed by atoms with Gasteiger partial charge in [0, 0.05) is 44.2 Å². The summed E-state index contributed by atoms with van der Waals surface area (Å²) in [6.07, 6.45) is 18.6. The molecule has 0 aromatic heterocycles. The normalized spacial score (nSPS) is 11.2. The minimum Gasteiger partial charge on any atom is -0.387 e. The van der Waals surface area contributed by atoms with Crippen LogP contribution in [0.1, 0.15) is 215 Å². The van der Waals surface area contributed by atoms with Gasteiger partial charge in [0.1, 0.15) is 0 Å². The topological polar surface area (TPSA) is 85.9 Å². The molecule has 8 heteroatoms. The zero-order valence-corrected chi connectivity index (χ0v) is 57.4. The van der Waals surface area contributed by atoms with Gasteiger partial charge in [-0.05, 0) is 155 Å². The van der Waals surface area contributed by atoms with Crippen LogP contribution in [0.25, 0.3) is 21.5 Å². The summed E-state index contributed by atoms with van der Waals surface area (Å²) in [6.45, 7) is 57.1. The van der Waals surface area contributed by atoms with Gasteiger partial charge in [-0.25, -0.2) is 13.1 Å². The van der Waals surface area contributed by atoms with Crippen molar-refractivity contribution < 1.29 is 22.6 Å². The van der Waals surface area contributed by atoms with E-state index in [1.54, 1.807) is 19.4 Å². The zero-order valence-electron chi connectivity index (χ0n) is 56.6. The number of ether oxygens (including phenoxy) is 3. The quantitative estimate of drug-likeness (QED) is 0.0720. The number of fused-ring (bicyclic) bond motifs is 2. The summed E-state index contributed by atoms with van der Waals surface area (Å²) in [6, 6.07) is 31.0. The average Bonchev–Trinajstić information content (AvgIpc) is 3.39. The molecule has 4 aromatic rings. The lowest BCUT2D eigenvalue weighted by molar-refractivity contribution is 0.0442. The minimum atomic E-state index is -2.97. The third-order valence-corrected chi connectivity index (χ3v) is 11.4. The van der Waals surface area contributed by atoms with E-state index in [0.717, 1.165) is 100 Å². The van der Waals surface area contributed by atoms with E-state index in [4.69, 9.17) is 14.2 Å². The molecule has 0 radical (unpaired) electrons. The largest absolute Gasteiger partial charge is 0.387 e. The molecular weight excluding hydrogens is 1000 g/mol. The number of nitrogens with one attached hydrogen (secondary N) is 2. The summed E-state index contributed by atoms with van der Waals surface area (Å²) in [4.78, 5) is 0. The Balaban J connectivity index is -0.000000272. The summed E-state index contributed by atoms with van der Waals surface area (Å²) < 4.78 is 38.9. The molecule has 7 nitrogen and oxygen atoms in total. The molecule has 0 fully saturated rings. The summed E-state index contributed by atoms with van der Waals surface area (Å²) >= 11 is 0. The predicted octanol–water partition coefficient (Wildman–Crippen LogP) is 20.9. The molecule has 0 unspecified atom stereocenters. The van der Waals surface area contributed by atoms with Crippen LogP contribution >= 0.6 is 0 Å². The Kier molecular flexibility index (Phi) is 62.1. The number of sulfonamides is 1. The molecule has 0 saturated carbocycles. The van der Waals surface area contributed by atoms with Gasteiger partial charge in [0.2, 0.25) is 10.0 Å². The lowest BCUT2D eigenvalue weighted by Gasteiger charge is -2.10. The van der Waals surface area contributed by atoms with Crippen LogP contribution in [0.5, 0.6) is 0 Å². The molecule has 5 rings (SSSR count). The average molecular weight is 1140 g/mol. The molecule has 0 saturated heterocycles. The van der Waals surface area contributed by atoms with E-state index in [1.807, 2.05) is 48.5 Å². The second-order valence-electron chi connectivity index (χ2n) is 22.2. The van der Waals surface area contributed by atoms with Crippen molar-refractivity contribution in [2.75, 3.05) is 45.9 Å². The summed E-state index contributed by atoms with van der Waals surface area (Å²) in [7, 11) is -2.97. The summed E-state index contributed by atoms with van der Waals surface area (Å²) in [5.74, 6) is 3.79. The van der Waals surface area contributed by atoms with Crippen LogP contribution in [0.15, 0.2) is 121 Å². The highest BCUT2D eigenvalue weighted by atomic mass is 32.2. The van der Waals surface area contributed by atoms with Crippen molar-refractivity contribution in [2.24, 2.45) is 29.6 Å². The fraction of sp³-hybridized carbons (Fsp3) is 0.639. The van der Waals surface area contributed by atoms with Gasteiger partial charge < -0.3 is 19.5 Å². The van der Waals surface area contributed by atoms with Crippen molar-refractivity contribution in [3.8, 4) is 0 Å². The summed E-state index contributed by atoms with van der Waals surface area (Å²) in [5.41, 5.74) is 5.57. The number of hydrogen-bond donors (Lipinski definition) is 2. The highest BCUT2D eigenvalue weighted by molar-refractivity contribution is 7.88. The lowest BCUT2D eigenvalue weighted by Crippen LogP contribution is -2.28. The van der Waals surface area contributed by atoms with Crippen LogP contribution in [-0.4, -0.2) is 66.4 Å². The predicted molar refractivity (Wildman–Crippen MR) is 363 cm³/mol. The van der Waals surface area contributed by atoms with Crippen LogP contribution in [0.2, 0.25) is 0 Å². The molecular formula is C72H130N2O5S. The van der Waals surface area contributed by atoms with Crippen LogP contribution in [0.3, 0.4) is 0 Å². The van der Waals surface area contributed by atoms with E-state index in [9.17, 15) is 8.42 Å². The molecule has 0 bridgehead atoms. The van der Waals surface area contributed by atoms with Crippen molar-refractivity contribution in [3.05, 3.63) is 132 Å². The molecule has 80 heavy (non-hydrogen) atoms. The minimum absolute atomic E-state index is 0.00463. The highest BCUT2D eigenvalue weighted by Gasteiger charge is 2.04. The Morgan fingerprint density at radius 3 is 1.40 bits per heavy atom. The van der Waals surface area contributed by atoms with E-state index < -0.39 is 10.0 Å². The molecule has 0 amide bonds. The SMILES string of the molecule is C=C(C)NC(C)C.CC.CC.CC.CC(C)CC1=CC=CCC1.CC(C)Cc1ccc2ccccc2c1.CC(C)Cc1cccc2ccccc12.CC(C)NS(C)(=O)=O.CCCOCCC(C)C.CCCOCCOCCC(C)C. The Bertz CT molecular complexity index is 2120. The first-order valence-electron chi connectivity index (χ1n) is 31.3. The first-order valence-corrected chi connectivity index (χ1v) is 33.2. The van der Waals surface area contributed by atoms with Crippen LogP contribution < -0.4 is 10.0 Å². The molecule has 0 atom stereocenters. The lowest BCUT2D eigenvalue weighted by atomic mass is 9.96. The van der Waals surface area contributed by atoms with Crippen LogP contribution in [0.4, 0.5) is 0 Å². The van der Waals surface area contributed by atoms with Gasteiger partial charge in [0.25, 0.3) is 0 Å². The van der Waals surface area contributed by atoms with E-state index in [0.29, 0.717) is 6.04 Å². The van der Waals surface area contributed by atoms with E-state index in [1.165, 1.54) is 71.2 Å². The molecule has 0 heterocycles. The van der Waals surface area contributed by atoms with Crippen LogP contribution in [-0.2, 0) is 37.1 Å². The Hall–Kier alpha value is -3.79. The van der Waals surface area contributed by atoms with Crippen molar-refractivity contribution in [2.45, 2.75) is 229 Å². The summed E-state index contributed by atoms with van der Waals surface area (Å²) in [5, 5.41) is 8.56. The Morgan fingerprint density at radius 2 is 1.00 bits per heavy atom. The second kappa shape index (κ2) is 58.4. The zero-order chi connectivity index (χ0) is 62.3. The monoisotopic (exact) mass is 1130 g/mol. The molecule has 2 N–H and O–H groups in total. The van der Waals surface area contributed by atoms with Gasteiger partial charge >= 0.3 is 0 Å². The molecule has 1 aliphatic rings. The van der Waals surface area contributed by atoms with Gasteiger partial charge in [-0.15, -0.1) is 0 Å². The maximum absolute atomic E-state index is 10.3.